The zero-order valence-electron chi connectivity index (χ0n) is 7.79. The van der Waals surface area contributed by atoms with Crippen LogP contribution in [0.5, 0.6) is 0 Å². The molecular weight excluding hydrogens is 214 g/mol. The SMILES string of the molecule is ClSCCCc1c[nH]c2ccccc12. The number of nitrogens with one attached hydrogen (secondary N) is 1. The van der Waals surface area contributed by atoms with Crippen molar-refractivity contribution in [3.05, 3.63) is 36.0 Å². The van der Waals surface area contributed by atoms with Crippen molar-refractivity contribution in [2.75, 3.05) is 5.75 Å². The lowest BCUT2D eigenvalue weighted by Crippen LogP contribution is -1.84. The standard InChI is InChI=1S/C11H12ClNS/c12-14-7-3-4-9-8-13-11-6-2-1-5-10(9)11/h1-2,5-6,8,13H,3-4,7H2. The molecule has 0 spiro atoms. The van der Waals surface area contributed by atoms with Crippen molar-refractivity contribution >= 4 is 32.6 Å². The van der Waals surface area contributed by atoms with E-state index in [1.165, 1.54) is 27.4 Å². The fraction of sp³-hybridized carbons (Fsp3) is 0.273. The molecule has 0 unspecified atom stereocenters. The number of hydrogen-bond donors (Lipinski definition) is 1. The second kappa shape index (κ2) is 4.76. The number of aromatic amines is 1. The summed E-state index contributed by atoms with van der Waals surface area (Å²) in [5, 5.41) is 1.34. The van der Waals surface area contributed by atoms with E-state index in [-0.39, 0.29) is 0 Å². The summed E-state index contributed by atoms with van der Waals surface area (Å²) < 4.78 is 0. The molecule has 0 bridgehead atoms. The molecule has 1 heterocycles. The summed E-state index contributed by atoms with van der Waals surface area (Å²) >= 11 is 0. The summed E-state index contributed by atoms with van der Waals surface area (Å²) in [6.45, 7) is 0. The number of rotatable bonds is 4. The van der Waals surface area contributed by atoms with Crippen LogP contribution in [0.2, 0.25) is 0 Å². The topological polar surface area (TPSA) is 15.8 Å². The molecule has 0 aliphatic carbocycles. The first-order valence-electron chi connectivity index (χ1n) is 4.70. The van der Waals surface area contributed by atoms with Crippen molar-refractivity contribution in [2.24, 2.45) is 0 Å². The number of benzene rings is 1. The van der Waals surface area contributed by atoms with Crippen molar-refractivity contribution in [2.45, 2.75) is 12.8 Å². The van der Waals surface area contributed by atoms with Crippen LogP contribution in [0.1, 0.15) is 12.0 Å². The number of halogens is 1. The molecule has 2 aromatic rings. The van der Waals surface area contributed by atoms with E-state index in [2.05, 4.69) is 35.4 Å². The summed E-state index contributed by atoms with van der Waals surface area (Å²) in [6, 6.07) is 8.40. The summed E-state index contributed by atoms with van der Waals surface area (Å²) in [5.74, 6) is 1.01. The third-order valence-electron chi connectivity index (χ3n) is 2.34. The molecule has 1 aromatic heterocycles. The van der Waals surface area contributed by atoms with Gasteiger partial charge in [0.15, 0.2) is 0 Å². The van der Waals surface area contributed by atoms with Crippen molar-refractivity contribution in [3.8, 4) is 0 Å². The van der Waals surface area contributed by atoms with E-state index in [1.807, 2.05) is 0 Å². The maximum atomic E-state index is 5.57. The van der Waals surface area contributed by atoms with Gasteiger partial charge >= 0.3 is 0 Å². The predicted molar refractivity (Wildman–Crippen MR) is 64.9 cm³/mol. The molecule has 0 aliphatic rings. The van der Waals surface area contributed by atoms with E-state index in [9.17, 15) is 0 Å². The normalized spacial score (nSPS) is 10.9. The molecule has 0 fully saturated rings. The Balaban J connectivity index is 2.17. The number of fused-ring (bicyclic) bond motifs is 1. The quantitative estimate of drug-likeness (QED) is 0.779. The molecule has 1 nitrogen and oxygen atoms in total. The van der Waals surface area contributed by atoms with E-state index in [0.717, 1.165) is 18.6 Å². The summed E-state index contributed by atoms with van der Waals surface area (Å²) in [7, 11) is 6.96. The summed E-state index contributed by atoms with van der Waals surface area (Å²) in [4.78, 5) is 3.28. The van der Waals surface area contributed by atoms with Gasteiger partial charge in [0.05, 0.1) is 0 Å². The highest BCUT2D eigenvalue weighted by Gasteiger charge is 2.01. The smallest absolute Gasteiger partial charge is 0.0456 e. The molecular formula is C11H12ClNS. The Morgan fingerprint density at radius 3 is 3.00 bits per heavy atom. The van der Waals surface area contributed by atoms with Crippen molar-refractivity contribution < 1.29 is 0 Å². The van der Waals surface area contributed by atoms with Gasteiger partial charge in [-0.05, 0) is 35.2 Å². The number of aromatic nitrogens is 1. The van der Waals surface area contributed by atoms with Crippen LogP contribution < -0.4 is 0 Å². The largest absolute Gasteiger partial charge is 0.361 e. The van der Waals surface area contributed by atoms with Gasteiger partial charge in [0.2, 0.25) is 0 Å². The summed E-state index contributed by atoms with van der Waals surface area (Å²) in [5.41, 5.74) is 2.62. The van der Waals surface area contributed by atoms with Gasteiger partial charge in [-0.1, -0.05) is 29.2 Å². The molecule has 14 heavy (non-hydrogen) atoms. The van der Waals surface area contributed by atoms with Gasteiger partial charge in [-0.2, -0.15) is 0 Å². The fourth-order valence-corrected chi connectivity index (χ4v) is 2.24. The zero-order valence-corrected chi connectivity index (χ0v) is 9.37. The minimum Gasteiger partial charge on any atom is -0.361 e. The number of para-hydroxylation sites is 1. The lowest BCUT2D eigenvalue weighted by molar-refractivity contribution is 0.943. The van der Waals surface area contributed by atoms with Crippen molar-refractivity contribution in [3.63, 3.8) is 0 Å². The van der Waals surface area contributed by atoms with E-state index in [0.29, 0.717) is 0 Å². The molecule has 0 saturated heterocycles. The Hall–Kier alpha value is -0.600. The fourth-order valence-electron chi connectivity index (χ4n) is 1.66. The number of hydrogen-bond acceptors (Lipinski definition) is 1. The highest BCUT2D eigenvalue weighted by atomic mass is 35.7. The molecule has 1 N–H and O–H groups in total. The second-order valence-electron chi connectivity index (χ2n) is 3.28. The summed E-state index contributed by atoms with van der Waals surface area (Å²) in [6.07, 6.45) is 4.34. The Morgan fingerprint density at radius 2 is 2.14 bits per heavy atom. The van der Waals surface area contributed by atoms with Crippen molar-refractivity contribution in [1.82, 2.24) is 4.98 Å². The first kappa shape index (κ1) is 9.94. The van der Waals surface area contributed by atoms with Gasteiger partial charge in [0.25, 0.3) is 0 Å². The first-order valence-corrected chi connectivity index (χ1v) is 6.51. The maximum absolute atomic E-state index is 5.57. The van der Waals surface area contributed by atoms with Crippen LogP contribution in [-0.2, 0) is 6.42 Å². The monoisotopic (exact) mass is 225 g/mol. The van der Waals surface area contributed by atoms with Crippen LogP contribution >= 0.6 is 21.7 Å². The van der Waals surface area contributed by atoms with Crippen LogP contribution in [0.3, 0.4) is 0 Å². The van der Waals surface area contributed by atoms with Crippen molar-refractivity contribution in [1.29, 1.82) is 0 Å². The minimum atomic E-state index is 1.01. The average Bonchev–Trinajstić information content (AvgIpc) is 2.63. The maximum Gasteiger partial charge on any atom is 0.0456 e. The van der Waals surface area contributed by atoms with Gasteiger partial charge < -0.3 is 4.98 Å². The Kier molecular flexibility index (Phi) is 3.38. The minimum absolute atomic E-state index is 1.01. The van der Waals surface area contributed by atoms with E-state index < -0.39 is 0 Å². The van der Waals surface area contributed by atoms with Gasteiger partial charge in [-0.25, -0.2) is 0 Å². The molecule has 74 valence electrons. The van der Waals surface area contributed by atoms with Crippen LogP contribution in [0.25, 0.3) is 10.9 Å². The molecule has 0 aliphatic heterocycles. The zero-order chi connectivity index (χ0) is 9.80. The number of H-pyrrole nitrogens is 1. The second-order valence-corrected chi connectivity index (χ2v) is 4.56. The van der Waals surface area contributed by atoms with Crippen LogP contribution in [0.4, 0.5) is 0 Å². The molecule has 2 rings (SSSR count). The third kappa shape index (κ3) is 2.07. The Labute approximate surface area is 92.3 Å². The highest BCUT2D eigenvalue weighted by Crippen LogP contribution is 2.20. The van der Waals surface area contributed by atoms with Crippen LogP contribution in [0, 0.1) is 0 Å². The molecule has 0 radical (unpaired) electrons. The third-order valence-corrected chi connectivity index (χ3v) is 3.25. The lowest BCUT2D eigenvalue weighted by Gasteiger charge is -1.96. The van der Waals surface area contributed by atoms with Gasteiger partial charge in [-0.15, -0.1) is 0 Å². The first-order chi connectivity index (χ1) is 6.92. The molecule has 3 heteroatoms. The molecule has 1 aromatic carbocycles. The van der Waals surface area contributed by atoms with E-state index >= 15 is 0 Å². The highest BCUT2D eigenvalue weighted by molar-refractivity contribution is 8.21. The van der Waals surface area contributed by atoms with Gasteiger partial charge in [0.1, 0.15) is 0 Å². The van der Waals surface area contributed by atoms with Gasteiger partial charge in [-0.3, -0.25) is 0 Å². The van der Waals surface area contributed by atoms with Crippen LogP contribution in [0.15, 0.2) is 30.5 Å². The van der Waals surface area contributed by atoms with E-state index in [1.54, 1.807) is 0 Å². The lowest BCUT2D eigenvalue weighted by atomic mass is 10.1. The van der Waals surface area contributed by atoms with Crippen LogP contribution in [-0.4, -0.2) is 10.7 Å². The number of aryl methyl sites for hydroxylation is 1. The molecule has 0 saturated carbocycles. The molecule has 0 atom stereocenters. The predicted octanol–water partition coefficient (Wildman–Crippen LogP) is 3.99. The Bertz CT molecular complexity index is 410. The Morgan fingerprint density at radius 1 is 1.29 bits per heavy atom. The van der Waals surface area contributed by atoms with E-state index in [4.69, 9.17) is 10.7 Å². The molecule has 0 amide bonds. The average molecular weight is 226 g/mol. The van der Waals surface area contributed by atoms with Gasteiger partial charge in [0, 0.05) is 22.9 Å².